The first kappa shape index (κ1) is 12.0. The zero-order valence-corrected chi connectivity index (χ0v) is 9.12. The van der Waals surface area contributed by atoms with Gasteiger partial charge >= 0.3 is 5.97 Å². The third-order valence-electron chi connectivity index (χ3n) is 2.51. The number of carbonyl (C=O) groups excluding carboxylic acids is 2. The fourth-order valence-electron chi connectivity index (χ4n) is 1.50. The first-order valence-electron chi connectivity index (χ1n) is 5.15. The molecular weight excluding hydrogens is 198 g/mol. The molecule has 0 bridgehead atoms. The van der Waals surface area contributed by atoms with E-state index in [2.05, 4.69) is 10.1 Å². The Hall–Kier alpha value is -1.10. The topological polar surface area (TPSA) is 64.6 Å². The van der Waals surface area contributed by atoms with Crippen LogP contribution >= 0.6 is 0 Å². The highest BCUT2D eigenvalue weighted by Crippen LogP contribution is 2.12. The second-order valence-electron chi connectivity index (χ2n) is 3.55. The maximum absolute atomic E-state index is 11.6. The minimum Gasteiger partial charge on any atom is -0.467 e. The first-order chi connectivity index (χ1) is 7.19. The molecule has 15 heavy (non-hydrogen) atoms. The molecule has 5 heteroatoms. The number of hydrogen-bond acceptors (Lipinski definition) is 4. The van der Waals surface area contributed by atoms with Crippen molar-refractivity contribution in [1.82, 2.24) is 5.32 Å². The van der Waals surface area contributed by atoms with Crippen LogP contribution in [0.1, 0.15) is 19.8 Å². The van der Waals surface area contributed by atoms with Gasteiger partial charge in [-0.05, 0) is 12.8 Å². The van der Waals surface area contributed by atoms with E-state index in [-0.39, 0.29) is 11.8 Å². The van der Waals surface area contributed by atoms with Crippen molar-refractivity contribution in [3.8, 4) is 0 Å². The van der Waals surface area contributed by atoms with Crippen LogP contribution in [0.3, 0.4) is 0 Å². The standard InChI is InChI=1S/C10H17NO4/c1-3-8(10(13)14-2)11-9(12)7-4-5-15-6-7/h7-8H,3-6H2,1-2H3,(H,11,12)/t7-,8+/m1/s1. The summed E-state index contributed by atoms with van der Waals surface area (Å²) in [5.74, 6) is -0.641. The average Bonchev–Trinajstić information content (AvgIpc) is 2.77. The molecule has 0 spiro atoms. The van der Waals surface area contributed by atoms with Crippen molar-refractivity contribution < 1.29 is 19.1 Å². The molecule has 0 radical (unpaired) electrons. The second kappa shape index (κ2) is 5.70. The van der Waals surface area contributed by atoms with Gasteiger partial charge in [0.15, 0.2) is 0 Å². The number of rotatable bonds is 4. The zero-order chi connectivity index (χ0) is 11.3. The molecule has 2 atom stereocenters. The van der Waals surface area contributed by atoms with E-state index in [1.807, 2.05) is 6.92 Å². The molecular formula is C10H17NO4. The van der Waals surface area contributed by atoms with Gasteiger partial charge in [0, 0.05) is 6.61 Å². The normalized spacial score (nSPS) is 22.1. The summed E-state index contributed by atoms with van der Waals surface area (Å²) in [6.45, 7) is 2.89. The molecule has 0 aromatic carbocycles. The highest BCUT2D eigenvalue weighted by molar-refractivity contribution is 5.85. The largest absolute Gasteiger partial charge is 0.467 e. The first-order valence-corrected chi connectivity index (χ1v) is 5.15. The average molecular weight is 215 g/mol. The molecule has 5 nitrogen and oxygen atoms in total. The van der Waals surface area contributed by atoms with E-state index in [9.17, 15) is 9.59 Å². The molecule has 1 fully saturated rings. The Morgan fingerprint density at radius 1 is 1.60 bits per heavy atom. The van der Waals surface area contributed by atoms with Crippen molar-refractivity contribution in [1.29, 1.82) is 0 Å². The van der Waals surface area contributed by atoms with Crippen molar-refractivity contribution in [3.05, 3.63) is 0 Å². The molecule has 0 saturated carbocycles. The second-order valence-corrected chi connectivity index (χ2v) is 3.55. The molecule has 1 heterocycles. The van der Waals surface area contributed by atoms with Crippen LogP contribution in [0.5, 0.6) is 0 Å². The monoisotopic (exact) mass is 215 g/mol. The summed E-state index contributed by atoms with van der Waals surface area (Å²) in [5, 5.41) is 2.67. The summed E-state index contributed by atoms with van der Waals surface area (Å²) < 4.78 is 9.69. The van der Waals surface area contributed by atoms with Gasteiger partial charge in [0.25, 0.3) is 0 Å². The SMILES string of the molecule is CC[C@H](NC(=O)[C@@H]1CCOC1)C(=O)OC. The van der Waals surface area contributed by atoms with Crippen molar-refractivity contribution in [2.45, 2.75) is 25.8 Å². The van der Waals surface area contributed by atoms with Crippen LogP contribution in [-0.2, 0) is 19.1 Å². The van der Waals surface area contributed by atoms with Crippen LogP contribution in [0.2, 0.25) is 0 Å². The van der Waals surface area contributed by atoms with E-state index >= 15 is 0 Å². The molecule has 1 aliphatic heterocycles. The molecule has 1 amide bonds. The lowest BCUT2D eigenvalue weighted by Crippen LogP contribution is -2.44. The van der Waals surface area contributed by atoms with Crippen molar-refractivity contribution in [2.75, 3.05) is 20.3 Å². The molecule has 0 aliphatic carbocycles. The third kappa shape index (κ3) is 3.20. The molecule has 1 aliphatic rings. The zero-order valence-electron chi connectivity index (χ0n) is 9.12. The summed E-state index contributed by atoms with van der Waals surface area (Å²) in [7, 11) is 1.32. The summed E-state index contributed by atoms with van der Waals surface area (Å²) in [6, 6.07) is -0.539. The lowest BCUT2D eigenvalue weighted by atomic mass is 10.1. The van der Waals surface area contributed by atoms with Gasteiger partial charge < -0.3 is 14.8 Å². The lowest BCUT2D eigenvalue weighted by Gasteiger charge is -2.16. The van der Waals surface area contributed by atoms with E-state index in [0.717, 1.165) is 6.42 Å². The maximum atomic E-state index is 11.6. The van der Waals surface area contributed by atoms with Gasteiger partial charge in [-0.25, -0.2) is 4.79 Å². The van der Waals surface area contributed by atoms with Gasteiger partial charge in [-0.1, -0.05) is 6.92 Å². The van der Waals surface area contributed by atoms with Gasteiger partial charge in [0.2, 0.25) is 5.91 Å². The number of nitrogens with one attached hydrogen (secondary N) is 1. The minimum absolute atomic E-state index is 0.121. The van der Waals surface area contributed by atoms with E-state index in [4.69, 9.17) is 4.74 Å². The van der Waals surface area contributed by atoms with Gasteiger partial charge in [-0.2, -0.15) is 0 Å². The predicted molar refractivity (Wildman–Crippen MR) is 53.2 cm³/mol. The lowest BCUT2D eigenvalue weighted by molar-refractivity contribution is -0.145. The predicted octanol–water partition coefficient (Wildman–Crippen LogP) is 0.0907. The molecule has 0 unspecified atom stereocenters. The Morgan fingerprint density at radius 3 is 2.80 bits per heavy atom. The summed E-state index contributed by atoms with van der Waals surface area (Å²) in [6.07, 6.45) is 1.26. The number of ether oxygens (including phenoxy) is 2. The van der Waals surface area contributed by atoms with E-state index in [1.54, 1.807) is 0 Å². The fraction of sp³-hybridized carbons (Fsp3) is 0.800. The number of carbonyl (C=O) groups is 2. The summed E-state index contributed by atoms with van der Waals surface area (Å²) in [4.78, 5) is 22.9. The van der Waals surface area contributed by atoms with Crippen molar-refractivity contribution in [2.24, 2.45) is 5.92 Å². The van der Waals surface area contributed by atoms with Crippen LogP contribution in [-0.4, -0.2) is 38.2 Å². The van der Waals surface area contributed by atoms with Crippen LogP contribution in [0.25, 0.3) is 0 Å². The van der Waals surface area contributed by atoms with E-state index in [0.29, 0.717) is 19.6 Å². The minimum atomic E-state index is -0.539. The van der Waals surface area contributed by atoms with Gasteiger partial charge in [-0.3, -0.25) is 4.79 Å². The smallest absolute Gasteiger partial charge is 0.328 e. The van der Waals surface area contributed by atoms with Gasteiger partial charge in [0.1, 0.15) is 6.04 Å². The fourth-order valence-corrected chi connectivity index (χ4v) is 1.50. The molecule has 1 saturated heterocycles. The Morgan fingerprint density at radius 2 is 2.33 bits per heavy atom. The van der Waals surface area contributed by atoms with Gasteiger partial charge in [0.05, 0.1) is 19.6 Å². The third-order valence-corrected chi connectivity index (χ3v) is 2.51. The van der Waals surface area contributed by atoms with Crippen molar-refractivity contribution >= 4 is 11.9 Å². The molecule has 1 rings (SSSR count). The van der Waals surface area contributed by atoms with Crippen molar-refractivity contribution in [3.63, 3.8) is 0 Å². The van der Waals surface area contributed by atoms with Crippen LogP contribution in [0.15, 0.2) is 0 Å². The van der Waals surface area contributed by atoms with Gasteiger partial charge in [-0.15, -0.1) is 0 Å². The number of methoxy groups -OCH3 is 1. The Kier molecular flexibility index (Phi) is 4.55. The highest BCUT2D eigenvalue weighted by Gasteiger charge is 2.27. The quantitative estimate of drug-likeness (QED) is 0.675. The Balaban J connectivity index is 2.43. The van der Waals surface area contributed by atoms with Crippen LogP contribution < -0.4 is 5.32 Å². The Labute approximate surface area is 89.1 Å². The van der Waals surface area contributed by atoms with E-state index in [1.165, 1.54) is 7.11 Å². The summed E-state index contributed by atoms with van der Waals surface area (Å²) >= 11 is 0. The summed E-state index contributed by atoms with van der Waals surface area (Å²) in [5.41, 5.74) is 0. The Bertz CT molecular complexity index is 236. The highest BCUT2D eigenvalue weighted by atomic mass is 16.5. The molecule has 1 N–H and O–H groups in total. The maximum Gasteiger partial charge on any atom is 0.328 e. The van der Waals surface area contributed by atoms with Crippen LogP contribution in [0.4, 0.5) is 0 Å². The molecule has 86 valence electrons. The number of amides is 1. The van der Waals surface area contributed by atoms with E-state index < -0.39 is 12.0 Å². The number of esters is 1. The number of hydrogen-bond donors (Lipinski definition) is 1. The molecule has 0 aromatic rings. The molecule has 0 aromatic heterocycles. The van der Waals surface area contributed by atoms with Crippen LogP contribution in [0, 0.1) is 5.92 Å².